The summed E-state index contributed by atoms with van der Waals surface area (Å²) < 4.78 is 15.7. The van der Waals surface area contributed by atoms with Crippen molar-refractivity contribution < 1.29 is 14.2 Å². The van der Waals surface area contributed by atoms with Crippen molar-refractivity contribution in [3.63, 3.8) is 0 Å². The molecule has 7 nitrogen and oxygen atoms in total. The van der Waals surface area contributed by atoms with Crippen LogP contribution in [-0.4, -0.2) is 48.4 Å². The van der Waals surface area contributed by atoms with Gasteiger partial charge in [0.1, 0.15) is 0 Å². The molecular formula is C12H20N4O3. The highest BCUT2D eigenvalue weighted by Gasteiger charge is 2.14. The predicted molar refractivity (Wildman–Crippen MR) is 69.6 cm³/mol. The normalized spacial score (nSPS) is 15.5. The fourth-order valence-electron chi connectivity index (χ4n) is 2.04. The molecule has 1 saturated carbocycles. The molecule has 0 atom stereocenters. The van der Waals surface area contributed by atoms with Crippen LogP contribution in [0.2, 0.25) is 0 Å². The monoisotopic (exact) mass is 268 g/mol. The minimum Gasteiger partial charge on any atom is -0.467 e. The number of hydrogen-bond acceptors (Lipinski definition) is 7. The van der Waals surface area contributed by atoms with E-state index in [4.69, 9.17) is 14.2 Å². The topological polar surface area (TPSA) is 78.4 Å². The van der Waals surface area contributed by atoms with Crippen molar-refractivity contribution in [3.8, 4) is 12.0 Å². The van der Waals surface area contributed by atoms with Gasteiger partial charge in [-0.05, 0) is 12.8 Å². The lowest BCUT2D eigenvalue weighted by Crippen LogP contribution is -2.17. The van der Waals surface area contributed by atoms with Crippen LogP contribution in [0.3, 0.4) is 0 Å². The molecule has 0 bridgehead atoms. The number of aromatic nitrogens is 3. The molecule has 0 aromatic carbocycles. The number of rotatable bonds is 7. The Labute approximate surface area is 112 Å². The predicted octanol–water partition coefficient (Wildman–Crippen LogP) is 1.26. The molecule has 1 aliphatic rings. The summed E-state index contributed by atoms with van der Waals surface area (Å²) in [7, 11) is 3.00. The molecule has 7 heteroatoms. The fourth-order valence-corrected chi connectivity index (χ4v) is 2.04. The van der Waals surface area contributed by atoms with Crippen molar-refractivity contribution in [1.29, 1.82) is 0 Å². The Balaban J connectivity index is 1.77. The maximum atomic E-state index is 5.74. The average molecular weight is 268 g/mol. The van der Waals surface area contributed by atoms with Crippen molar-refractivity contribution in [2.45, 2.75) is 31.8 Å². The first-order chi connectivity index (χ1) is 9.31. The lowest BCUT2D eigenvalue weighted by molar-refractivity contribution is 0.0658. The third-order valence-electron chi connectivity index (χ3n) is 3.00. The highest BCUT2D eigenvalue weighted by atomic mass is 16.5. The molecule has 0 aliphatic heterocycles. The Morgan fingerprint density at radius 2 is 1.68 bits per heavy atom. The van der Waals surface area contributed by atoms with Crippen molar-refractivity contribution in [1.82, 2.24) is 15.0 Å². The van der Waals surface area contributed by atoms with Gasteiger partial charge >= 0.3 is 12.0 Å². The van der Waals surface area contributed by atoms with Gasteiger partial charge in [-0.15, -0.1) is 4.98 Å². The van der Waals surface area contributed by atoms with E-state index in [1.54, 1.807) is 0 Å². The Kier molecular flexibility index (Phi) is 5.14. The zero-order valence-electron chi connectivity index (χ0n) is 11.4. The van der Waals surface area contributed by atoms with Crippen LogP contribution < -0.4 is 14.8 Å². The highest BCUT2D eigenvalue weighted by molar-refractivity contribution is 5.27. The molecule has 0 saturated heterocycles. The lowest BCUT2D eigenvalue weighted by Gasteiger charge is -2.11. The molecule has 1 N–H and O–H groups in total. The van der Waals surface area contributed by atoms with Gasteiger partial charge in [0.15, 0.2) is 0 Å². The molecule has 1 aromatic heterocycles. The number of nitrogens with zero attached hydrogens (tertiary/aromatic N) is 3. The van der Waals surface area contributed by atoms with E-state index < -0.39 is 0 Å². The smallest absolute Gasteiger partial charge is 0.324 e. The average Bonchev–Trinajstić information content (AvgIpc) is 2.96. The van der Waals surface area contributed by atoms with Crippen molar-refractivity contribution in [2.24, 2.45) is 0 Å². The standard InChI is InChI=1S/C12H20N4O3/c1-17-11-14-10(15-12(16-11)18-2)13-7-8-19-9-5-3-4-6-9/h9H,3-8H2,1-2H3,(H,13,14,15,16). The number of anilines is 1. The van der Waals surface area contributed by atoms with Gasteiger partial charge < -0.3 is 19.5 Å². The summed E-state index contributed by atoms with van der Waals surface area (Å²) in [5.41, 5.74) is 0. The Morgan fingerprint density at radius 1 is 1.05 bits per heavy atom. The van der Waals surface area contributed by atoms with Crippen LogP contribution in [-0.2, 0) is 4.74 Å². The van der Waals surface area contributed by atoms with Gasteiger partial charge in [-0.3, -0.25) is 0 Å². The van der Waals surface area contributed by atoms with Crippen molar-refractivity contribution >= 4 is 5.95 Å². The first-order valence-corrected chi connectivity index (χ1v) is 6.51. The molecule has 0 radical (unpaired) electrons. The van der Waals surface area contributed by atoms with Crippen LogP contribution in [0.25, 0.3) is 0 Å². The van der Waals surface area contributed by atoms with Gasteiger partial charge in [0.2, 0.25) is 5.95 Å². The molecule has 0 amide bonds. The van der Waals surface area contributed by atoms with Gasteiger partial charge in [-0.1, -0.05) is 12.8 Å². The molecule has 2 rings (SSSR count). The molecule has 0 unspecified atom stereocenters. The summed E-state index contributed by atoms with van der Waals surface area (Å²) in [6.07, 6.45) is 5.32. The van der Waals surface area contributed by atoms with Crippen LogP contribution in [0.4, 0.5) is 5.95 Å². The zero-order valence-corrected chi connectivity index (χ0v) is 11.4. The van der Waals surface area contributed by atoms with E-state index in [-0.39, 0.29) is 12.0 Å². The maximum absolute atomic E-state index is 5.74. The first-order valence-electron chi connectivity index (χ1n) is 6.51. The minimum atomic E-state index is 0.228. The van der Waals surface area contributed by atoms with Crippen molar-refractivity contribution in [3.05, 3.63) is 0 Å². The molecule has 1 fully saturated rings. The molecule has 1 heterocycles. The van der Waals surface area contributed by atoms with Gasteiger partial charge in [0, 0.05) is 6.54 Å². The number of nitrogens with one attached hydrogen (secondary N) is 1. The summed E-state index contributed by atoms with van der Waals surface area (Å²) in [5, 5.41) is 3.07. The summed E-state index contributed by atoms with van der Waals surface area (Å²) in [4.78, 5) is 12.1. The number of methoxy groups -OCH3 is 2. The quantitative estimate of drug-likeness (QED) is 0.746. The molecule has 0 spiro atoms. The van der Waals surface area contributed by atoms with E-state index in [0.717, 1.165) is 0 Å². The van der Waals surface area contributed by atoms with E-state index in [1.165, 1.54) is 39.9 Å². The fraction of sp³-hybridized carbons (Fsp3) is 0.750. The van der Waals surface area contributed by atoms with E-state index in [2.05, 4.69) is 20.3 Å². The zero-order chi connectivity index (χ0) is 13.5. The Hall–Kier alpha value is -1.63. The van der Waals surface area contributed by atoms with Gasteiger partial charge in [0.05, 0.1) is 26.9 Å². The molecular weight excluding hydrogens is 248 g/mol. The van der Waals surface area contributed by atoms with Gasteiger partial charge in [-0.2, -0.15) is 9.97 Å². The second kappa shape index (κ2) is 7.08. The summed E-state index contributed by atoms with van der Waals surface area (Å²) in [6.45, 7) is 1.29. The van der Waals surface area contributed by atoms with E-state index in [1.807, 2.05) is 0 Å². The minimum absolute atomic E-state index is 0.228. The van der Waals surface area contributed by atoms with E-state index in [0.29, 0.717) is 25.2 Å². The molecule has 1 aromatic rings. The van der Waals surface area contributed by atoms with Gasteiger partial charge in [-0.25, -0.2) is 0 Å². The van der Waals surface area contributed by atoms with Crippen LogP contribution >= 0.6 is 0 Å². The van der Waals surface area contributed by atoms with Gasteiger partial charge in [0.25, 0.3) is 0 Å². The second-order valence-corrected chi connectivity index (χ2v) is 4.34. The Bertz CT molecular complexity index is 374. The number of ether oxygens (including phenoxy) is 3. The van der Waals surface area contributed by atoms with E-state index in [9.17, 15) is 0 Å². The summed E-state index contributed by atoms with van der Waals surface area (Å²) in [5.74, 6) is 0.429. The third kappa shape index (κ3) is 4.20. The third-order valence-corrected chi connectivity index (χ3v) is 3.00. The SMILES string of the molecule is COc1nc(NCCOC2CCCC2)nc(OC)n1. The summed E-state index contributed by atoms with van der Waals surface area (Å²) in [6, 6.07) is 0.456. The molecule has 1 aliphatic carbocycles. The highest BCUT2D eigenvalue weighted by Crippen LogP contribution is 2.20. The first kappa shape index (κ1) is 13.8. The second-order valence-electron chi connectivity index (χ2n) is 4.34. The Morgan fingerprint density at radius 3 is 2.26 bits per heavy atom. The van der Waals surface area contributed by atoms with Crippen LogP contribution in [0.5, 0.6) is 12.0 Å². The van der Waals surface area contributed by atoms with Crippen molar-refractivity contribution in [2.75, 3.05) is 32.7 Å². The summed E-state index contributed by atoms with van der Waals surface area (Å²) >= 11 is 0. The lowest BCUT2D eigenvalue weighted by atomic mass is 10.3. The molecule has 19 heavy (non-hydrogen) atoms. The van der Waals surface area contributed by atoms with Crippen LogP contribution in [0.1, 0.15) is 25.7 Å². The van der Waals surface area contributed by atoms with Crippen LogP contribution in [0, 0.1) is 0 Å². The van der Waals surface area contributed by atoms with Crippen LogP contribution in [0.15, 0.2) is 0 Å². The maximum Gasteiger partial charge on any atom is 0.324 e. The largest absolute Gasteiger partial charge is 0.467 e. The molecule has 106 valence electrons. The van der Waals surface area contributed by atoms with E-state index >= 15 is 0 Å². The number of hydrogen-bond donors (Lipinski definition) is 1.